The molecule has 0 saturated heterocycles. The first-order chi connectivity index (χ1) is 7.63. The van der Waals surface area contributed by atoms with Crippen molar-refractivity contribution in [1.29, 1.82) is 0 Å². The molecule has 2 rings (SSSR count). The number of fused-ring (bicyclic) bond motifs is 1. The second kappa shape index (κ2) is 3.92. The Labute approximate surface area is 92.1 Å². The van der Waals surface area contributed by atoms with Gasteiger partial charge in [-0.1, -0.05) is 18.5 Å². The number of carboxylic acid groups (broad SMARTS) is 1. The summed E-state index contributed by atoms with van der Waals surface area (Å²) in [6, 6.07) is 1.54. The number of pyridine rings is 1. The number of carbonyl (C=O) groups is 1. The van der Waals surface area contributed by atoms with E-state index in [9.17, 15) is 4.79 Å². The van der Waals surface area contributed by atoms with Crippen LogP contribution in [0.2, 0.25) is 0 Å². The second-order valence-electron chi connectivity index (χ2n) is 3.68. The van der Waals surface area contributed by atoms with Gasteiger partial charge in [0.05, 0.1) is 16.6 Å². The minimum Gasteiger partial charge on any atom is -0.478 e. The van der Waals surface area contributed by atoms with Crippen molar-refractivity contribution < 1.29 is 14.4 Å². The number of aromatic nitrogens is 2. The van der Waals surface area contributed by atoms with Gasteiger partial charge in [-0.25, -0.2) is 9.78 Å². The predicted molar refractivity (Wildman–Crippen MR) is 57.5 cm³/mol. The van der Waals surface area contributed by atoms with Crippen LogP contribution in [0.3, 0.4) is 0 Å². The number of aromatic carboxylic acids is 1. The van der Waals surface area contributed by atoms with Crippen LogP contribution in [0.25, 0.3) is 11.1 Å². The highest BCUT2D eigenvalue weighted by molar-refractivity contribution is 6.02. The van der Waals surface area contributed by atoms with Gasteiger partial charge in [0.25, 0.3) is 5.71 Å². The van der Waals surface area contributed by atoms with Gasteiger partial charge in [-0.2, -0.15) is 0 Å². The summed E-state index contributed by atoms with van der Waals surface area (Å²) < 4.78 is 5.05. The summed E-state index contributed by atoms with van der Waals surface area (Å²) in [7, 11) is 0. The molecule has 0 saturated carbocycles. The molecule has 0 aromatic carbocycles. The maximum atomic E-state index is 11.1. The Morgan fingerprint density at radius 2 is 2.31 bits per heavy atom. The van der Waals surface area contributed by atoms with Crippen LogP contribution in [-0.2, 0) is 6.42 Å². The number of hydrogen-bond donors (Lipinski definition) is 1. The van der Waals surface area contributed by atoms with Crippen LogP contribution < -0.4 is 0 Å². The number of hydrogen-bond acceptors (Lipinski definition) is 4. The maximum Gasteiger partial charge on any atom is 0.336 e. The summed E-state index contributed by atoms with van der Waals surface area (Å²) in [4.78, 5) is 15.3. The standard InChI is InChI=1S/C11H12N2O3/c1-3-4-8-9-7(11(14)15)5-6(2)12-10(9)16-13-8/h5H,3-4H2,1-2H3,(H,14,15). The molecule has 0 unspecified atom stereocenters. The summed E-state index contributed by atoms with van der Waals surface area (Å²) in [6.07, 6.45) is 1.58. The molecule has 0 amide bonds. The Morgan fingerprint density at radius 1 is 1.56 bits per heavy atom. The minimum atomic E-state index is -0.976. The molecular weight excluding hydrogens is 208 g/mol. The minimum absolute atomic E-state index is 0.215. The lowest BCUT2D eigenvalue weighted by Crippen LogP contribution is -2.00. The van der Waals surface area contributed by atoms with Crippen LogP contribution in [0, 0.1) is 6.92 Å². The highest BCUT2D eigenvalue weighted by atomic mass is 16.5. The summed E-state index contributed by atoms with van der Waals surface area (Å²) >= 11 is 0. The molecule has 0 fully saturated rings. The van der Waals surface area contributed by atoms with E-state index in [2.05, 4.69) is 10.1 Å². The van der Waals surface area contributed by atoms with Crippen molar-refractivity contribution >= 4 is 17.1 Å². The van der Waals surface area contributed by atoms with Crippen LogP contribution >= 0.6 is 0 Å². The molecule has 0 radical (unpaired) electrons. The van der Waals surface area contributed by atoms with Crippen molar-refractivity contribution in [1.82, 2.24) is 10.1 Å². The van der Waals surface area contributed by atoms with Gasteiger partial charge in [0.2, 0.25) is 0 Å². The molecule has 0 atom stereocenters. The Bertz CT molecular complexity index is 545. The fraction of sp³-hybridized carbons (Fsp3) is 0.364. The molecule has 0 aliphatic heterocycles. The van der Waals surface area contributed by atoms with E-state index in [1.165, 1.54) is 0 Å². The lowest BCUT2D eigenvalue weighted by Gasteiger charge is -1.99. The van der Waals surface area contributed by atoms with Gasteiger partial charge in [-0.15, -0.1) is 0 Å². The van der Waals surface area contributed by atoms with Gasteiger partial charge >= 0.3 is 5.97 Å². The molecule has 2 aromatic rings. The SMILES string of the molecule is CCCc1noc2nc(C)cc(C(=O)O)c12. The fourth-order valence-electron chi connectivity index (χ4n) is 1.71. The monoisotopic (exact) mass is 220 g/mol. The topological polar surface area (TPSA) is 76.2 Å². The average Bonchev–Trinajstić information content (AvgIpc) is 2.60. The zero-order valence-electron chi connectivity index (χ0n) is 9.15. The lowest BCUT2D eigenvalue weighted by molar-refractivity contribution is 0.0698. The Morgan fingerprint density at radius 3 is 2.94 bits per heavy atom. The maximum absolute atomic E-state index is 11.1. The van der Waals surface area contributed by atoms with E-state index in [-0.39, 0.29) is 5.56 Å². The third kappa shape index (κ3) is 1.64. The summed E-state index contributed by atoms with van der Waals surface area (Å²) in [6.45, 7) is 3.73. The van der Waals surface area contributed by atoms with Crippen LogP contribution in [0.15, 0.2) is 10.6 Å². The van der Waals surface area contributed by atoms with Crippen LogP contribution in [-0.4, -0.2) is 21.2 Å². The highest BCUT2D eigenvalue weighted by Crippen LogP contribution is 2.23. The van der Waals surface area contributed by atoms with E-state index in [4.69, 9.17) is 9.63 Å². The Balaban J connectivity index is 2.74. The second-order valence-corrected chi connectivity index (χ2v) is 3.68. The number of nitrogens with zero attached hydrogens (tertiary/aromatic N) is 2. The van der Waals surface area contributed by atoms with Gasteiger partial charge in [0.1, 0.15) is 0 Å². The first-order valence-electron chi connectivity index (χ1n) is 5.12. The molecule has 5 nitrogen and oxygen atoms in total. The van der Waals surface area contributed by atoms with Crippen molar-refractivity contribution in [3.63, 3.8) is 0 Å². The predicted octanol–water partition coefficient (Wildman–Crippen LogP) is 2.18. The van der Waals surface area contributed by atoms with Crippen molar-refractivity contribution in [3.05, 3.63) is 23.0 Å². The number of aryl methyl sites for hydroxylation is 2. The Kier molecular flexibility index (Phi) is 2.60. The van der Waals surface area contributed by atoms with Crippen molar-refractivity contribution in [3.8, 4) is 0 Å². The van der Waals surface area contributed by atoms with E-state index in [0.29, 0.717) is 28.9 Å². The van der Waals surface area contributed by atoms with E-state index < -0.39 is 5.97 Å². The molecule has 2 heterocycles. The summed E-state index contributed by atoms with van der Waals surface area (Å²) in [5, 5.41) is 13.5. The highest BCUT2D eigenvalue weighted by Gasteiger charge is 2.18. The summed E-state index contributed by atoms with van der Waals surface area (Å²) in [5.74, 6) is -0.976. The third-order valence-electron chi connectivity index (χ3n) is 2.36. The quantitative estimate of drug-likeness (QED) is 0.857. The first kappa shape index (κ1) is 10.6. The Hall–Kier alpha value is -1.91. The zero-order chi connectivity index (χ0) is 11.7. The largest absolute Gasteiger partial charge is 0.478 e. The molecule has 16 heavy (non-hydrogen) atoms. The van der Waals surface area contributed by atoms with E-state index in [1.54, 1.807) is 13.0 Å². The molecule has 0 bridgehead atoms. The normalized spacial score (nSPS) is 10.9. The van der Waals surface area contributed by atoms with Gasteiger partial charge in [-0.3, -0.25) is 0 Å². The van der Waals surface area contributed by atoms with Crippen LogP contribution in [0.1, 0.15) is 35.1 Å². The van der Waals surface area contributed by atoms with Crippen molar-refractivity contribution in [2.24, 2.45) is 0 Å². The average molecular weight is 220 g/mol. The van der Waals surface area contributed by atoms with Gasteiger partial charge in [-0.05, 0) is 19.4 Å². The molecule has 1 N–H and O–H groups in total. The fourth-order valence-corrected chi connectivity index (χ4v) is 1.71. The van der Waals surface area contributed by atoms with E-state index in [0.717, 1.165) is 6.42 Å². The van der Waals surface area contributed by atoms with Crippen LogP contribution in [0.5, 0.6) is 0 Å². The number of rotatable bonds is 3. The zero-order valence-corrected chi connectivity index (χ0v) is 9.15. The summed E-state index contributed by atoms with van der Waals surface area (Å²) in [5.41, 5.74) is 1.81. The van der Waals surface area contributed by atoms with Crippen molar-refractivity contribution in [2.75, 3.05) is 0 Å². The molecule has 0 aliphatic carbocycles. The lowest BCUT2D eigenvalue weighted by atomic mass is 10.1. The smallest absolute Gasteiger partial charge is 0.336 e. The molecule has 0 aliphatic rings. The molecule has 2 aromatic heterocycles. The molecule has 84 valence electrons. The van der Waals surface area contributed by atoms with E-state index >= 15 is 0 Å². The first-order valence-corrected chi connectivity index (χ1v) is 5.12. The van der Waals surface area contributed by atoms with Crippen LogP contribution in [0.4, 0.5) is 0 Å². The number of carboxylic acids is 1. The van der Waals surface area contributed by atoms with Gasteiger partial charge in [0.15, 0.2) is 0 Å². The van der Waals surface area contributed by atoms with Gasteiger partial charge in [0, 0.05) is 5.69 Å². The van der Waals surface area contributed by atoms with Crippen molar-refractivity contribution in [2.45, 2.75) is 26.7 Å². The van der Waals surface area contributed by atoms with Gasteiger partial charge < -0.3 is 9.63 Å². The molecule has 0 spiro atoms. The third-order valence-corrected chi connectivity index (χ3v) is 2.36. The molecular formula is C11H12N2O3. The van der Waals surface area contributed by atoms with E-state index in [1.807, 2.05) is 6.92 Å². The molecule has 5 heteroatoms.